The molecule has 17 heteroatoms. The molecule has 34 heavy (non-hydrogen) atoms. The highest BCUT2D eigenvalue weighted by Crippen LogP contribution is 2.36. The zero-order chi connectivity index (χ0) is 24.4. The largest absolute Gasteiger partial charge is 0.477 e. The molecule has 4 rings (SSSR count). The molecule has 2 aromatic rings. The molecule has 2 atom stereocenters. The first kappa shape index (κ1) is 24.0. The van der Waals surface area contributed by atoms with E-state index in [0.717, 1.165) is 11.3 Å². The number of aliphatic carboxylic acids is 1. The highest BCUT2D eigenvalue weighted by Gasteiger charge is 2.47. The van der Waals surface area contributed by atoms with Gasteiger partial charge in [0, 0.05) is 30.5 Å². The fourth-order valence-electron chi connectivity index (χ4n) is 3.45. The van der Waals surface area contributed by atoms with Crippen molar-refractivity contribution in [3.05, 3.63) is 22.3 Å². The zero-order valence-corrected chi connectivity index (χ0v) is 20.3. The minimum absolute atomic E-state index is 0.0857. The lowest BCUT2D eigenvalue weighted by Gasteiger charge is -2.22. The van der Waals surface area contributed by atoms with E-state index in [1.807, 2.05) is 0 Å². The molecule has 0 spiro atoms. The first-order chi connectivity index (χ1) is 16.3. The van der Waals surface area contributed by atoms with Crippen LogP contribution < -0.4 is 11.1 Å². The second-order valence-corrected chi connectivity index (χ2v) is 10.1. The molecule has 0 radical (unpaired) electrons. The molecule has 180 valence electrons. The Bertz CT molecular complexity index is 1190. The van der Waals surface area contributed by atoms with Gasteiger partial charge >= 0.3 is 5.97 Å². The topological polar surface area (TPSA) is 191 Å². The van der Waals surface area contributed by atoms with E-state index in [1.165, 1.54) is 40.2 Å². The summed E-state index contributed by atoms with van der Waals surface area (Å²) >= 11 is 3.81. The van der Waals surface area contributed by atoms with E-state index in [-0.39, 0.29) is 34.0 Å². The fraction of sp³-hybridized carbons (Fsp3) is 0.412. The van der Waals surface area contributed by atoms with Crippen LogP contribution in [0.1, 0.15) is 5.69 Å². The van der Waals surface area contributed by atoms with Gasteiger partial charge in [-0.15, -0.1) is 28.2 Å². The third-order valence-electron chi connectivity index (χ3n) is 4.95. The summed E-state index contributed by atoms with van der Waals surface area (Å²) in [5.74, 6) is -1.74. The smallest absolute Gasteiger partial charge is 0.352 e. The Morgan fingerprint density at radius 1 is 1.47 bits per heavy atom. The van der Waals surface area contributed by atoms with E-state index >= 15 is 0 Å². The van der Waals surface area contributed by atoms with Gasteiger partial charge in [0.15, 0.2) is 10.8 Å². The number of tetrazole rings is 1. The van der Waals surface area contributed by atoms with Crippen molar-refractivity contribution in [3.8, 4) is 0 Å². The van der Waals surface area contributed by atoms with Crippen molar-refractivity contribution in [2.75, 3.05) is 30.9 Å². The number of carboxylic acid groups (broad SMARTS) is 1. The number of aromatic nitrogens is 5. The van der Waals surface area contributed by atoms with E-state index in [0.29, 0.717) is 22.2 Å². The highest BCUT2D eigenvalue weighted by molar-refractivity contribution is 8.00. The summed E-state index contributed by atoms with van der Waals surface area (Å²) < 4.78 is 1.48. The van der Waals surface area contributed by atoms with Crippen molar-refractivity contribution >= 4 is 63.5 Å². The van der Waals surface area contributed by atoms with Crippen LogP contribution in [-0.4, -0.2) is 95.1 Å². The van der Waals surface area contributed by atoms with Gasteiger partial charge in [-0.3, -0.25) is 9.59 Å². The monoisotopic (exact) mass is 525 g/mol. The number of hydrogen-bond acceptors (Lipinski definition) is 13. The van der Waals surface area contributed by atoms with Crippen LogP contribution in [0.2, 0.25) is 0 Å². The van der Waals surface area contributed by atoms with Gasteiger partial charge in [-0.2, -0.15) is 0 Å². The van der Waals surface area contributed by atoms with Crippen molar-refractivity contribution in [2.24, 2.45) is 12.2 Å². The maximum absolute atomic E-state index is 13.2. The van der Waals surface area contributed by atoms with Crippen LogP contribution >= 0.6 is 34.9 Å². The minimum atomic E-state index is -1.21. The first-order valence-electron chi connectivity index (χ1n) is 9.67. The Morgan fingerprint density at radius 3 is 2.88 bits per heavy atom. The third kappa shape index (κ3) is 4.71. The number of nitrogen functional groups attached to an aromatic ring is 1. The van der Waals surface area contributed by atoms with Crippen molar-refractivity contribution < 1.29 is 24.3 Å². The standard InChI is InChI=1S/C17H19N9O5S3/c1-25-17(21-23-24-25)34-5-7-4-32-9-3-26(12(7)15(29)30)14(28)11(9)20-13(27)10(22-31-2)8-6-33-16(18)19-8/h6,9,11H,3-5H2,1-2H3,(H2,18,19)(H,20,27)(H,29,30)/b22-10-/t9-,11+/m1/s1. The predicted molar refractivity (Wildman–Crippen MR) is 124 cm³/mol. The number of rotatable bonds is 8. The van der Waals surface area contributed by atoms with Crippen LogP contribution in [0.15, 0.2) is 27.0 Å². The molecule has 2 aliphatic heterocycles. The molecular weight excluding hydrogens is 506 g/mol. The SMILES string of the molecule is CO/N=C(\C(=O)N[C@@H]1C(=O)N2C[C@H]1SCC(CSc1nnnn1C)=C2C(=O)O)c1csc(N)n1. The Kier molecular flexibility index (Phi) is 7.03. The number of nitrogens with one attached hydrogen (secondary N) is 1. The second kappa shape index (κ2) is 9.98. The molecule has 2 aromatic heterocycles. The van der Waals surface area contributed by atoms with Gasteiger partial charge in [0.2, 0.25) is 5.16 Å². The number of hydrogen-bond donors (Lipinski definition) is 3. The molecule has 0 aliphatic carbocycles. The average Bonchev–Trinajstić information content (AvgIpc) is 3.44. The fourth-order valence-corrected chi connectivity index (χ4v) is 6.27. The van der Waals surface area contributed by atoms with Gasteiger partial charge in [-0.05, 0) is 16.0 Å². The van der Waals surface area contributed by atoms with Crippen LogP contribution in [0, 0.1) is 0 Å². The Labute approximate surface area is 205 Å². The number of thioether (sulfide) groups is 2. The molecule has 4 N–H and O–H groups in total. The number of fused-ring (bicyclic) bond motifs is 2. The van der Waals surface area contributed by atoms with Crippen molar-refractivity contribution in [2.45, 2.75) is 16.4 Å². The number of nitrogens with two attached hydrogens (primary N) is 1. The lowest BCUT2D eigenvalue weighted by atomic mass is 10.2. The molecular formula is C17H19N9O5S3. The quantitative estimate of drug-likeness (QED) is 0.221. The van der Waals surface area contributed by atoms with Crippen molar-refractivity contribution in [1.29, 1.82) is 0 Å². The molecule has 14 nitrogen and oxygen atoms in total. The molecule has 2 aliphatic rings. The number of aryl methyl sites for hydroxylation is 1. The number of carbonyl (C=O) groups excluding carboxylic acids is 2. The van der Waals surface area contributed by atoms with Crippen LogP contribution in [0.3, 0.4) is 0 Å². The number of anilines is 1. The zero-order valence-electron chi connectivity index (χ0n) is 17.9. The van der Waals surface area contributed by atoms with Crippen molar-refractivity contribution in [3.63, 3.8) is 0 Å². The third-order valence-corrected chi connectivity index (χ3v) is 8.09. The van der Waals surface area contributed by atoms with Gasteiger partial charge in [-0.1, -0.05) is 16.9 Å². The van der Waals surface area contributed by atoms with Gasteiger partial charge in [-0.25, -0.2) is 14.5 Å². The molecule has 1 saturated heterocycles. The molecule has 2 amide bonds. The van der Waals surface area contributed by atoms with Gasteiger partial charge in [0.25, 0.3) is 11.8 Å². The van der Waals surface area contributed by atoms with Gasteiger partial charge in [0.1, 0.15) is 24.5 Å². The molecule has 0 aromatic carbocycles. The van der Waals surface area contributed by atoms with E-state index in [2.05, 4.69) is 31.0 Å². The summed E-state index contributed by atoms with van der Waals surface area (Å²) in [6.07, 6.45) is 0. The summed E-state index contributed by atoms with van der Waals surface area (Å²) in [5, 5.41) is 29.5. The summed E-state index contributed by atoms with van der Waals surface area (Å²) in [6.45, 7) is 0.149. The summed E-state index contributed by atoms with van der Waals surface area (Å²) in [6, 6.07) is -0.943. The van der Waals surface area contributed by atoms with Crippen LogP contribution in [0.4, 0.5) is 5.13 Å². The molecule has 0 unspecified atom stereocenters. The number of nitrogens with zero attached hydrogens (tertiary/aromatic N) is 7. The number of amides is 2. The number of carboxylic acids is 1. The number of oxime groups is 1. The van der Waals surface area contributed by atoms with Crippen molar-refractivity contribution in [1.82, 2.24) is 35.4 Å². The minimum Gasteiger partial charge on any atom is -0.477 e. The summed E-state index contributed by atoms with van der Waals surface area (Å²) in [4.78, 5) is 48.3. The maximum atomic E-state index is 13.2. The maximum Gasteiger partial charge on any atom is 0.352 e. The van der Waals surface area contributed by atoms with E-state index in [1.54, 1.807) is 12.4 Å². The summed E-state index contributed by atoms with van der Waals surface area (Å²) in [7, 11) is 2.96. The van der Waals surface area contributed by atoms with E-state index in [4.69, 9.17) is 10.6 Å². The van der Waals surface area contributed by atoms with E-state index < -0.39 is 23.8 Å². The lowest BCUT2D eigenvalue weighted by Crippen LogP contribution is -2.48. The Morgan fingerprint density at radius 2 is 2.26 bits per heavy atom. The molecule has 1 fully saturated rings. The normalized spacial score (nSPS) is 20.5. The number of carbonyl (C=O) groups is 3. The molecule has 2 bridgehead atoms. The first-order valence-corrected chi connectivity index (χ1v) is 12.6. The predicted octanol–water partition coefficient (Wildman–Crippen LogP) is -0.827. The second-order valence-electron chi connectivity index (χ2n) is 7.07. The summed E-state index contributed by atoms with van der Waals surface area (Å²) in [5.41, 5.74) is 6.22. The van der Waals surface area contributed by atoms with E-state index in [9.17, 15) is 19.5 Å². The van der Waals surface area contributed by atoms with Crippen LogP contribution in [0.5, 0.6) is 0 Å². The lowest BCUT2D eigenvalue weighted by molar-refractivity contribution is -0.139. The van der Waals surface area contributed by atoms with Crippen LogP contribution in [-0.2, 0) is 26.3 Å². The molecule has 0 saturated carbocycles. The number of thiazole rings is 1. The average molecular weight is 526 g/mol. The van der Waals surface area contributed by atoms with Crippen LogP contribution in [0.25, 0.3) is 0 Å². The molecule has 4 heterocycles. The van der Waals surface area contributed by atoms with Gasteiger partial charge in [0.05, 0.1) is 5.25 Å². The Balaban J connectivity index is 1.54. The van der Waals surface area contributed by atoms with Gasteiger partial charge < -0.3 is 25.9 Å². The highest BCUT2D eigenvalue weighted by atomic mass is 32.2. The Hall–Kier alpha value is -3.18.